The molecule has 0 aromatic carbocycles. The molecule has 62 valence electrons. The number of nitrogens with zero attached hydrogens (tertiary/aromatic N) is 1. The smallest absolute Gasteiger partial charge is 0.248 e. The van der Waals surface area contributed by atoms with Crippen LogP contribution < -0.4 is 5.32 Å². The van der Waals surface area contributed by atoms with Crippen LogP contribution in [0.5, 0.6) is 0 Å². The summed E-state index contributed by atoms with van der Waals surface area (Å²) in [5.41, 5.74) is 0. The lowest BCUT2D eigenvalue weighted by Crippen LogP contribution is -2.50. The zero-order valence-electron chi connectivity index (χ0n) is 6.61. The van der Waals surface area contributed by atoms with E-state index in [1.807, 2.05) is 13.8 Å². The van der Waals surface area contributed by atoms with Gasteiger partial charge in [0.2, 0.25) is 12.3 Å². The fraction of sp³-hybridized carbons (Fsp3) is 0.571. The van der Waals surface area contributed by atoms with E-state index in [4.69, 9.17) is 0 Å². The Morgan fingerprint density at radius 3 is 2.82 bits per heavy atom. The van der Waals surface area contributed by atoms with Crippen LogP contribution in [0.3, 0.4) is 0 Å². The highest BCUT2D eigenvalue weighted by atomic mass is 16.3. The van der Waals surface area contributed by atoms with Crippen molar-refractivity contribution in [2.75, 3.05) is 0 Å². The van der Waals surface area contributed by atoms with Gasteiger partial charge in [-0.1, -0.05) is 0 Å². The third-order valence-corrected chi connectivity index (χ3v) is 1.55. The first kappa shape index (κ1) is 8.07. The number of rotatable bonds is 1. The van der Waals surface area contributed by atoms with Crippen molar-refractivity contribution in [2.24, 2.45) is 0 Å². The van der Waals surface area contributed by atoms with Crippen LogP contribution in [-0.2, 0) is 4.79 Å². The number of hydrogen-bond acceptors (Lipinski definition) is 3. The molecule has 1 aliphatic rings. The molecule has 0 spiro atoms. The lowest BCUT2D eigenvalue weighted by Gasteiger charge is -2.32. The largest absolute Gasteiger partial charge is 0.356 e. The van der Waals surface area contributed by atoms with Gasteiger partial charge in [0.1, 0.15) is 0 Å². The highest BCUT2D eigenvalue weighted by molar-refractivity contribution is 5.88. The molecule has 0 bridgehead atoms. The zero-order chi connectivity index (χ0) is 8.43. The predicted molar refractivity (Wildman–Crippen MR) is 40.3 cm³/mol. The highest BCUT2D eigenvalue weighted by Crippen LogP contribution is 2.05. The van der Waals surface area contributed by atoms with Crippen LogP contribution >= 0.6 is 0 Å². The van der Waals surface area contributed by atoms with Crippen LogP contribution in [0.1, 0.15) is 13.8 Å². The normalized spacial score (nSPS) is 24.2. The topological polar surface area (TPSA) is 52.6 Å². The Morgan fingerprint density at radius 2 is 2.36 bits per heavy atom. The molecule has 0 aliphatic carbocycles. The second-order valence-corrected chi connectivity index (χ2v) is 2.74. The van der Waals surface area contributed by atoms with Gasteiger partial charge in [-0.25, -0.2) is 0 Å². The third kappa shape index (κ3) is 1.71. The van der Waals surface area contributed by atoms with Crippen molar-refractivity contribution < 1.29 is 9.90 Å². The lowest BCUT2D eigenvalue weighted by molar-refractivity contribution is -0.125. The molecule has 1 atom stereocenters. The standard InChI is InChI=1S/C7H12N2O2/c1-5(2)9-4-3-6(10)8-7(9)11/h3-5,7,11H,1-2H3,(H,8,10). The van der Waals surface area contributed by atoms with E-state index in [1.165, 1.54) is 6.08 Å². The van der Waals surface area contributed by atoms with Crippen molar-refractivity contribution >= 4 is 5.91 Å². The molecule has 11 heavy (non-hydrogen) atoms. The van der Waals surface area contributed by atoms with Gasteiger partial charge in [-0.15, -0.1) is 0 Å². The molecular weight excluding hydrogens is 144 g/mol. The van der Waals surface area contributed by atoms with E-state index in [9.17, 15) is 9.90 Å². The van der Waals surface area contributed by atoms with Gasteiger partial charge >= 0.3 is 0 Å². The monoisotopic (exact) mass is 156 g/mol. The van der Waals surface area contributed by atoms with E-state index >= 15 is 0 Å². The molecule has 1 amide bonds. The molecule has 1 unspecified atom stereocenters. The Labute approximate surface area is 65.5 Å². The summed E-state index contributed by atoms with van der Waals surface area (Å²) in [7, 11) is 0. The van der Waals surface area contributed by atoms with Crippen molar-refractivity contribution in [2.45, 2.75) is 26.2 Å². The van der Waals surface area contributed by atoms with E-state index in [0.717, 1.165) is 0 Å². The van der Waals surface area contributed by atoms with E-state index in [2.05, 4.69) is 5.32 Å². The molecule has 1 heterocycles. The van der Waals surface area contributed by atoms with E-state index in [1.54, 1.807) is 11.1 Å². The predicted octanol–water partition coefficient (Wildman–Crippen LogP) is -0.384. The molecule has 4 nitrogen and oxygen atoms in total. The van der Waals surface area contributed by atoms with Gasteiger partial charge in [0, 0.05) is 18.3 Å². The van der Waals surface area contributed by atoms with E-state index in [0.29, 0.717) is 0 Å². The first-order chi connectivity index (χ1) is 5.11. The number of aliphatic hydroxyl groups is 1. The van der Waals surface area contributed by atoms with Gasteiger partial charge in [-0.05, 0) is 13.8 Å². The summed E-state index contributed by atoms with van der Waals surface area (Å²) in [4.78, 5) is 12.3. The van der Waals surface area contributed by atoms with Gasteiger partial charge in [0.05, 0.1) is 0 Å². The van der Waals surface area contributed by atoms with E-state index in [-0.39, 0.29) is 11.9 Å². The molecule has 0 aromatic heterocycles. The highest BCUT2D eigenvalue weighted by Gasteiger charge is 2.19. The second-order valence-electron chi connectivity index (χ2n) is 2.74. The molecule has 2 N–H and O–H groups in total. The zero-order valence-corrected chi connectivity index (χ0v) is 6.61. The first-order valence-corrected chi connectivity index (χ1v) is 3.55. The van der Waals surface area contributed by atoms with Crippen LogP contribution in [0.2, 0.25) is 0 Å². The average molecular weight is 156 g/mol. The Balaban J connectivity index is 2.68. The fourth-order valence-corrected chi connectivity index (χ4v) is 0.940. The summed E-state index contributed by atoms with van der Waals surface area (Å²) in [5, 5.41) is 11.6. The Bertz CT molecular complexity index is 189. The molecule has 1 rings (SSSR count). The summed E-state index contributed by atoms with van der Waals surface area (Å²) in [6, 6.07) is 0.182. The summed E-state index contributed by atoms with van der Waals surface area (Å²) in [6.45, 7) is 3.87. The van der Waals surface area contributed by atoms with Crippen molar-refractivity contribution in [1.82, 2.24) is 10.2 Å². The summed E-state index contributed by atoms with van der Waals surface area (Å²) in [6.07, 6.45) is 2.11. The number of carbonyl (C=O) groups is 1. The van der Waals surface area contributed by atoms with Crippen molar-refractivity contribution in [3.05, 3.63) is 12.3 Å². The molecule has 0 saturated heterocycles. The van der Waals surface area contributed by atoms with Gasteiger partial charge in [-0.3, -0.25) is 4.79 Å². The van der Waals surface area contributed by atoms with Gasteiger partial charge in [0.15, 0.2) is 0 Å². The van der Waals surface area contributed by atoms with Crippen molar-refractivity contribution in [3.63, 3.8) is 0 Å². The van der Waals surface area contributed by atoms with Gasteiger partial charge < -0.3 is 15.3 Å². The summed E-state index contributed by atoms with van der Waals surface area (Å²) >= 11 is 0. The quantitative estimate of drug-likeness (QED) is 0.544. The molecule has 0 fully saturated rings. The van der Waals surface area contributed by atoms with Crippen molar-refractivity contribution in [3.8, 4) is 0 Å². The second kappa shape index (κ2) is 2.92. The fourth-order valence-electron chi connectivity index (χ4n) is 0.940. The average Bonchev–Trinajstić information content (AvgIpc) is 1.85. The molecule has 0 radical (unpaired) electrons. The maximum atomic E-state index is 10.7. The van der Waals surface area contributed by atoms with Gasteiger partial charge in [0.25, 0.3) is 0 Å². The molecule has 4 heteroatoms. The number of amides is 1. The van der Waals surface area contributed by atoms with Crippen LogP contribution in [0.4, 0.5) is 0 Å². The maximum absolute atomic E-state index is 10.7. The Morgan fingerprint density at radius 1 is 1.73 bits per heavy atom. The number of aliphatic hydroxyl groups excluding tert-OH is 1. The summed E-state index contributed by atoms with van der Waals surface area (Å²) < 4.78 is 0. The maximum Gasteiger partial charge on any atom is 0.248 e. The molecular formula is C7H12N2O2. The number of hydrogen-bond donors (Lipinski definition) is 2. The van der Waals surface area contributed by atoms with E-state index < -0.39 is 6.35 Å². The minimum absolute atomic E-state index is 0.182. The number of nitrogens with one attached hydrogen (secondary N) is 1. The van der Waals surface area contributed by atoms with Crippen LogP contribution in [0.25, 0.3) is 0 Å². The minimum Gasteiger partial charge on any atom is -0.356 e. The minimum atomic E-state index is -0.882. The molecule has 1 aliphatic heterocycles. The van der Waals surface area contributed by atoms with Crippen LogP contribution in [-0.4, -0.2) is 28.3 Å². The van der Waals surface area contributed by atoms with Crippen molar-refractivity contribution in [1.29, 1.82) is 0 Å². The third-order valence-electron chi connectivity index (χ3n) is 1.55. The molecule has 0 saturated carbocycles. The Hall–Kier alpha value is -1.03. The van der Waals surface area contributed by atoms with Crippen LogP contribution in [0, 0.1) is 0 Å². The number of carbonyl (C=O) groups excluding carboxylic acids is 1. The molecule has 0 aromatic rings. The van der Waals surface area contributed by atoms with Crippen LogP contribution in [0.15, 0.2) is 12.3 Å². The lowest BCUT2D eigenvalue weighted by atomic mass is 10.3. The summed E-state index contributed by atoms with van der Waals surface area (Å²) in [5.74, 6) is -0.255. The first-order valence-electron chi connectivity index (χ1n) is 3.55. The van der Waals surface area contributed by atoms with Gasteiger partial charge in [-0.2, -0.15) is 0 Å². The Kier molecular flexibility index (Phi) is 2.14. The SMILES string of the molecule is CC(C)N1C=CC(=O)NC1O.